The number of halogens is 1. The molecule has 2 aromatic carbocycles. The Hall–Kier alpha value is -3.42. The van der Waals surface area contributed by atoms with Crippen LogP contribution in [0.25, 0.3) is 21.9 Å². The van der Waals surface area contributed by atoms with Gasteiger partial charge in [-0.25, -0.2) is 0 Å². The van der Waals surface area contributed by atoms with E-state index >= 15 is 0 Å². The summed E-state index contributed by atoms with van der Waals surface area (Å²) >= 11 is 6.17. The molecule has 1 amide bonds. The number of pyridine rings is 1. The summed E-state index contributed by atoms with van der Waals surface area (Å²) in [5, 5.41) is 20.6. The van der Waals surface area contributed by atoms with Gasteiger partial charge in [-0.3, -0.25) is 14.7 Å². The molecule has 0 radical (unpaired) electrons. The van der Waals surface area contributed by atoms with Gasteiger partial charge in [0.05, 0.1) is 12.7 Å². The number of aliphatic hydroxyl groups is 1. The zero-order valence-electron chi connectivity index (χ0n) is 16.9. The van der Waals surface area contributed by atoms with E-state index in [-0.39, 0.29) is 18.1 Å². The van der Waals surface area contributed by atoms with Gasteiger partial charge in [-0.1, -0.05) is 29.8 Å². The molecule has 4 rings (SSSR count). The highest BCUT2D eigenvalue weighted by Gasteiger charge is 2.13. The van der Waals surface area contributed by atoms with Crippen LogP contribution in [-0.2, 0) is 13.0 Å². The Morgan fingerprint density at radius 3 is 2.77 bits per heavy atom. The molecule has 7 nitrogen and oxygen atoms in total. The predicted molar refractivity (Wildman–Crippen MR) is 121 cm³/mol. The van der Waals surface area contributed by atoms with Crippen molar-refractivity contribution in [3.05, 3.63) is 87.1 Å². The van der Waals surface area contributed by atoms with Gasteiger partial charge in [0.25, 0.3) is 11.5 Å². The molecule has 0 aliphatic carbocycles. The summed E-state index contributed by atoms with van der Waals surface area (Å²) in [5.74, 6) is -0.181. The van der Waals surface area contributed by atoms with Gasteiger partial charge in [-0.2, -0.15) is 5.10 Å². The van der Waals surface area contributed by atoms with Crippen LogP contribution in [0.15, 0.2) is 59.7 Å². The van der Waals surface area contributed by atoms with Crippen LogP contribution in [0.5, 0.6) is 0 Å². The fourth-order valence-electron chi connectivity index (χ4n) is 3.70. The van der Waals surface area contributed by atoms with E-state index in [9.17, 15) is 14.7 Å². The average molecular weight is 437 g/mol. The van der Waals surface area contributed by atoms with Gasteiger partial charge in [-0.15, -0.1) is 0 Å². The lowest BCUT2D eigenvalue weighted by atomic mass is 10.00. The third kappa shape index (κ3) is 4.10. The zero-order valence-corrected chi connectivity index (χ0v) is 17.6. The van der Waals surface area contributed by atoms with Crippen molar-refractivity contribution in [1.82, 2.24) is 20.1 Å². The summed E-state index contributed by atoms with van der Waals surface area (Å²) in [6.07, 6.45) is 3.81. The third-order valence-corrected chi connectivity index (χ3v) is 5.51. The van der Waals surface area contributed by atoms with E-state index in [1.54, 1.807) is 48.3 Å². The lowest BCUT2D eigenvalue weighted by Gasteiger charge is -2.13. The molecular formula is C23H21ClN4O3. The number of aromatic amines is 1. The van der Waals surface area contributed by atoms with E-state index in [4.69, 9.17) is 11.6 Å². The number of H-pyrrole nitrogens is 1. The van der Waals surface area contributed by atoms with Crippen molar-refractivity contribution in [2.24, 2.45) is 0 Å². The van der Waals surface area contributed by atoms with Crippen molar-refractivity contribution < 1.29 is 9.90 Å². The molecule has 0 spiro atoms. The maximum Gasteiger partial charge on any atom is 0.258 e. The molecule has 0 unspecified atom stereocenters. The molecule has 2 aromatic heterocycles. The Morgan fingerprint density at radius 1 is 1.23 bits per heavy atom. The first-order chi connectivity index (χ1) is 15.0. The van der Waals surface area contributed by atoms with Crippen molar-refractivity contribution in [3.63, 3.8) is 0 Å². The Balaban J connectivity index is 1.81. The lowest BCUT2D eigenvalue weighted by Crippen LogP contribution is -2.22. The van der Waals surface area contributed by atoms with E-state index in [0.29, 0.717) is 29.1 Å². The van der Waals surface area contributed by atoms with Crippen molar-refractivity contribution in [2.45, 2.75) is 13.0 Å². The van der Waals surface area contributed by atoms with Gasteiger partial charge < -0.3 is 15.0 Å². The number of rotatable bonds is 6. The molecule has 0 bridgehead atoms. The van der Waals surface area contributed by atoms with Gasteiger partial charge in [-0.05, 0) is 52.8 Å². The van der Waals surface area contributed by atoms with Crippen LogP contribution in [0.4, 0.5) is 0 Å². The lowest BCUT2D eigenvalue weighted by molar-refractivity contribution is 0.0963. The highest BCUT2D eigenvalue weighted by molar-refractivity contribution is 6.32. The maximum absolute atomic E-state index is 13.2. The first-order valence-corrected chi connectivity index (χ1v) is 10.2. The Morgan fingerprint density at radius 2 is 2.06 bits per heavy atom. The zero-order chi connectivity index (χ0) is 22.0. The number of hydrogen-bond donors (Lipinski definition) is 3. The molecule has 0 saturated heterocycles. The van der Waals surface area contributed by atoms with Gasteiger partial charge in [0, 0.05) is 36.4 Å². The molecule has 0 aliphatic rings. The summed E-state index contributed by atoms with van der Waals surface area (Å²) in [4.78, 5) is 25.1. The average Bonchev–Trinajstić information content (AvgIpc) is 3.22. The van der Waals surface area contributed by atoms with E-state index in [2.05, 4.69) is 15.5 Å². The van der Waals surface area contributed by atoms with Gasteiger partial charge in [0.15, 0.2) is 0 Å². The fourth-order valence-corrected chi connectivity index (χ4v) is 3.90. The second-order valence-corrected chi connectivity index (χ2v) is 7.58. The summed E-state index contributed by atoms with van der Waals surface area (Å²) in [5.41, 5.74) is 3.65. The normalized spacial score (nSPS) is 11.1. The van der Waals surface area contributed by atoms with E-state index < -0.39 is 0 Å². The SMILES string of the molecule is CNC(=O)c1cccc(Cn2cc(CCO)c3cc(-c4cn[nH]c4Cl)ccc3c2=O)c1. The molecule has 0 saturated carbocycles. The number of carbonyl (C=O) groups is 1. The molecule has 4 aromatic rings. The van der Waals surface area contributed by atoms with Gasteiger partial charge in [0.2, 0.25) is 0 Å². The minimum atomic E-state index is -0.181. The minimum Gasteiger partial charge on any atom is -0.396 e. The molecule has 0 fully saturated rings. The number of hydrogen-bond acceptors (Lipinski definition) is 4. The molecule has 31 heavy (non-hydrogen) atoms. The molecule has 0 atom stereocenters. The van der Waals surface area contributed by atoms with Crippen molar-refractivity contribution in [1.29, 1.82) is 0 Å². The molecule has 3 N–H and O–H groups in total. The second kappa shape index (κ2) is 8.75. The van der Waals surface area contributed by atoms with Crippen LogP contribution < -0.4 is 10.9 Å². The second-order valence-electron chi connectivity index (χ2n) is 7.20. The van der Waals surface area contributed by atoms with E-state index in [1.807, 2.05) is 18.2 Å². The highest BCUT2D eigenvalue weighted by atomic mass is 35.5. The van der Waals surface area contributed by atoms with Crippen molar-refractivity contribution >= 4 is 28.3 Å². The highest BCUT2D eigenvalue weighted by Crippen LogP contribution is 2.29. The predicted octanol–water partition coefficient (Wildman–Crippen LogP) is 2.99. The van der Waals surface area contributed by atoms with E-state index in [0.717, 1.165) is 27.6 Å². The van der Waals surface area contributed by atoms with Crippen LogP contribution in [0.3, 0.4) is 0 Å². The number of fused-ring (bicyclic) bond motifs is 1. The number of benzene rings is 2. The Bertz CT molecular complexity index is 1330. The minimum absolute atomic E-state index is 0.0455. The quantitative estimate of drug-likeness (QED) is 0.432. The number of aliphatic hydroxyl groups excluding tert-OH is 1. The van der Waals surface area contributed by atoms with Gasteiger partial charge in [0.1, 0.15) is 5.15 Å². The van der Waals surface area contributed by atoms with Crippen LogP contribution in [0.1, 0.15) is 21.5 Å². The Kier molecular flexibility index (Phi) is 5.88. The summed E-state index contributed by atoms with van der Waals surface area (Å²) in [6, 6.07) is 12.7. The molecule has 2 heterocycles. The number of nitrogens with one attached hydrogen (secondary N) is 2. The molecule has 158 valence electrons. The standard InChI is InChI=1S/C23H21ClN4O3/c1-25-22(30)16-4-2-3-14(9-16)12-28-13-17(7-8-29)19-10-15(5-6-18(19)23(28)31)20-11-26-27-21(20)24/h2-6,9-11,13,29H,7-8,12H2,1H3,(H,25,30)(H,26,27). The molecule has 0 aliphatic heterocycles. The molecular weight excluding hydrogens is 416 g/mol. The summed E-state index contributed by atoms with van der Waals surface area (Å²) in [6.45, 7) is 0.267. The molecule has 8 heteroatoms. The van der Waals surface area contributed by atoms with E-state index in [1.165, 1.54) is 0 Å². The number of carbonyl (C=O) groups excluding carboxylic acids is 1. The topological polar surface area (TPSA) is 100 Å². The summed E-state index contributed by atoms with van der Waals surface area (Å²) < 4.78 is 1.61. The van der Waals surface area contributed by atoms with Crippen LogP contribution in [0, 0.1) is 0 Å². The largest absolute Gasteiger partial charge is 0.396 e. The van der Waals surface area contributed by atoms with Crippen LogP contribution >= 0.6 is 11.6 Å². The van der Waals surface area contributed by atoms with Crippen molar-refractivity contribution in [2.75, 3.05) is 13.7 Å². The fraction of sp³-hybridized carbons (Fsp3) is 0.174. The first-order valence-electron chi connectivity index (χ1n) is 9.79. The van der Waals surface area contributed by atoms with Crippen molar-refractivity contribution in [3.8, 4) is 11.1 Å². The number of nitrogens with zero attached hydrogens (tertiary/aromatic N) is 2. The third-order valence-electron chi connectivity index (χ3n) is 5.22. The van der Waals surface area contributed by atoms with Crippen LogP contribution in [0.2, 0.25) is 5.15 Å². The monoisotopic (exact) mass is 436 g/mol. The maximum atomic E-state index is 13.2. The van der Waals surface area contributed by atoms with Gasteiger partial charge >= 0.3 is 0 Å². The van der Waals surface area contributed by atoms with Crippen LogP contribution in [-0.4, -0.2) is 39.4 Å². The first kappa shape index (κ1) is 20.8. The Labute approximate surface area is 183 Å². The smallest absolute Gasteiger partial charge is 0.258 e. The number of amides is 1. The summed E-state index contributed by atoms with van der Waals surface area (Å²) in [7, 11) is 1.58. The number of aromatic nitrogens is 3.